The number of carbonyl (C=O) groups is 1. The molecule has 0 aliphatic carbocycles. The lowest BCUT2D eigenvalue weighted by Gasteiger charge is -2.53. The quantitative estimate of drug-likeness (QED) is 0.260. The van der Waals surface area contributed by atoms with Gasteiger partial charge in [-0.1, -0.05) is 18.2 Å². The van der Waals surface area contributed by atoms with Gasteiger partial charge in [0.2, 0.25) is 17.8 Å². The Morgan fingerprint density at radius 1 is 1.43 bits per heavy atom. The largest absolute Gasteiger partial charge is 0.460 e. The van der Waals surface area contributed by atoms with Gasteiger partial charge in [0.05, 0.1) is 11.5 Å². The Kier molecular flexibility index (Phi) is 6.69. The van der Waals surface area contributed by atoms with Gasteiger partial charge in [-0.25, -0.2) is 0 Å². The van der Waals surface area contributed by atoms with Gasteiger partial charge in [0.25, 0.3) is 6.29 Å². The van der Waals surface area contributed by atoms with Crippen molar-refractivity contribution in [2.45, 2.75) is 36.7 Å². The van der Waals surface area contributed by atoms with E-state index in [4.69, 9.17) is 14.2 Å². The molecule has 0 bridgehead atoms. The number of aliphatic hydroxyl groups is 3. The van der Waals surface area contributed by atoms with Gasteiger partial charge in [-0.15, -0.1) is 0 Å². The number of aliphatic hydroxyl groups excluding tert-OH is 2. The van der Waals surface area contributed by atoms with Gasteiger partial charge >= 0.3 is 0 Å². The number of para-hydroxylation sites is 1. The molecule has 0 unspecified atom stereocenters. The number of nitrogens with one attached hydrogen (secondary N) is 1. The summed E-state index contributed by atoms with van der Waals surface area (Å²) in [6, 6.07) is 8.22. The first-order chi connectivity index (χ1) is 13.2. The number of nitrogens with zero attached hydrogens (tertiary/aromatic N) is 1. The Morgan fingerprint density at radius 3 is 2.57 bits per heavy atom. The summed E-state index contributed by atoms with van der Waals surface area (Å²) in [6.07, 6.45) is -4.00. The van der Waals surface area contributed by atoms with Crippen LogP contribution in [0.4, 0.5) is 0 Å². The Morgan fingerprint density at radius 2 is 2.07 bits per heavy atom. The number of nitro groups is 1. The van der Waals surface area contributed by atoms with E-state index in [9.17, 15) is 30.2 Å². The van der Waals surface area contributed by atoms with Gasteiger partial charge in [0.1, 0.15) is 23.6 Å². The van der Waals surface area contributed by atoms with Crippen LogP contribution in [0.3, 0.4) is 0 Å². The fraction of sp³-hybridized carbons (Fsp3) is 0.471. The first-order valence-electron chi connectivity index (χ1n) is 8.24. The molecule has 1 aliphatic rings. The van der Waals surface area contributed by atoms with Gasteiger partial charge in [-0.3, -0.25) is 14.9 Å². The second-order valence-corrected chi connectivity index (χ2v) is 6.14. The summed E-state index contributed by atoms with van der Waals surface area (Å²) >= 11 is 0. The van der Waals surface area contributed by atoms with Crippen LogP contribution in [-0.4, -0.2) is 69.7 Å². The molecule has 1 fully saturated rings. The Balaban J connectivity index is 2.53. The van der Waals surface area contributed by atoms with Crippen LogP contribution in [0.5, 0.6) is 5.75 Å². The smallest absolute Gasteiger partial charge is 0.251 e. The molecule has 2 rings (SSSR count). The molecule has 1 heterocycles. The first kappa shape index (κ1) is 21.7. The average Bonchev–Trinajstić information content (AvgIpc) is 2.66. The molecular weight excluding hydrogens is 376 g/mol. The number of carbonyl (C=O) groups excluding carboxylic acids is 1. The van der Waals surface area contributed by atoms with E-state index in [0.29, 0.717) is 12.3 Å². The number of amides is 1. The number of methoxy groups -OCH3 is 1. The second kappa shape index (κ2) is 8.63. The zero-order valence-electron chi connectivity index (χ0n) is 15.2. The van der Waals surface area contributed by atoms with E-state index in [0.717, 1.165) is 14.0 Å². The van der Waals surface area contributed by atoms with Gasteiger partial charge < -0.3 is 34.8 Å². The lowest BCUT2D eigenvalue weighted by atomic mass is 9.80. The number of hydrogen-bond acceptors (Lipinski definition) is 9. The molecule has 11 heteroatoms. The molecule has 1 amide bonds. The molecule has 1 aliphatic heterocycles. The molecule has 1 saturated heterocycles. The Bertz CT molecular complexity index is 729. The fourth-order valence-corrected chi connectivity index (χ4v) is 2.98. The molecule has 154 valence electrons. The highest BCUT2D eigenvalue weighted by Crippen LogP contribution is 2.39. The summed E-state index contributed by atoms with van der Waals surface area (Å²) < 4.78 is 16.6. The van der Waals surface area contributed by atoms with E-state index in [1.165, 1.54) is 0 Å². The summed E-state index contributed by atoms with van der Waals surface area (Å²) in [6.45, 7) is 0.321. The van der Waals surface area contributed by atoms with Crippen LogP contribution < -0.4 is 10.1 Å². The van der Waals surface area contributed by atoms with E-state index in [1.807, 2.05) is 0 Å². The topological polar surface area (TPSA) is 161 Å². The highest BCUT2D eigenvalue weighted by Gasteiger charge is 2.65. The summed E-state index contributed by atoms with van der Waals surface area (Å²) in [7, 11) is 1.13. The summed E-state index contributed by atoms with van der Waals surface area (Å²) in [5, 5.41) is 44.5. The zero-order valence-corrected chi connectivity index (χ0v) is 15.2. The fourth-order valence-electron chi connectivity index (χ4n) is 2.98. The van der Waals surface area contributed by atoms with E-state index in [-0.39, 0.29) is 5.75 Å². The molecule has 0 saturated carbocycles. The number of hydrogen-bond donors (Lipinski definition) is 4. The average molecular weight is 398 g/mol. The molecule has 5 atom stereocenters. The third kappa shape index (κ3) is 4.13. The highest BCUT2D eigenvalue weighted by atomic mass is 16.7. The highest BCUT2D eigenvalue weighted by molar-refractivity contribution is 5.74. The van der Waals surface area contributed by atoms with Crippen molar-refractivity contribution in [2.24, 2.45) is 0 Å². The second-order valence-electron chi connectivity index (χ2n) is 6.14. The molecule has 0 aromatic heterocycles. The van der Waals surface area contributed by atoms with Crippen molar-refractivity contribution < 1.29 is 39.2 Å². The van der Waals surface area contributed by atoms with Crippen LogP contribution >= 0.6 is 0 Å². The predicted molar refractivity (Wildman–Crippen MR) is 93.5 cm³/mol. The van der Waals surface area contributed by atoms with Crippen molar-refractivity contribution in [3.05, 3.63) is 52.7 Å². The Hall–Kier alpha value is -2.57. The molecule has 28 heavy (non-hydrogen) atoms. The van der Waals surface area contributed by atoms with Crippen molar-refractivity contribution >= 4 is 5.91 Å². The number of ether oxygens (including phenoxy) is 3. The molecule has 1 aromatic carbocycles. The lowest BCUT2D eigenvalue weighted by molar-refractivity contribution is -0.405. The maximum absolute atomic E-state index is 11.8. The van der Waals surface area contributed by atoms with Gasteiger partial charge in [-0.05, 0) is 12.1 Å². The van der Waals surface area contributed by atoms with E-state index in [1.54, 1.807) is 30.3 Å². The minimum absolute atomic E-state index is 0.287. The summed E-state index contributed by atoms with van der Waals surface area (Å²) in [5.41, 5.74) is -4.63. The van der Waals surface area contributed by atoms with Crippen molar-refractivity contribution in [1.82, 2.24) is 5.32 Å². The van der Waals surface area contributed by atoms with Crippen LogP contribution in [-0.2, 0) is 14.3 Å². The van der Waals surface area contributed by atoms with Crippen LogP contribution in [0.25, 0.3) is 0 Å². The normalized spacial score (nSPS) is 32.8. The Labute approximate surface area is 160 Å². The standard InChI is InChI=1S/C17H22N2O9/c1-11(21)18-17(26-2)14(22)16(23,8-9-19(24)25)13(10-20)28-15(17)27-12-6-4-3-5-7-12/h3-9,13-15,20,22-23H,10H2,1-2H3,(H,18,21)/b9-8+/t13-,14+,15-,16-,17+/m1/s1. The first-order valence-corrected chi connectivity index (χ1v) is 8.24. The SMILES string of the molecule is CO[C@]1(NC(C)=O)[C@H](Oc2ccccc2)O[C@H](CO)[C@](O)(/C=C/[N+](=O)[O-])[C@@H]1O. The van der Waals surface area contributed by atoms with Crippen molar-refractivity contribution in [1.29, 1.82) is 0 Å². The minimum Gasteiger partial charge on any atom is -0.460 e. The molecule has 0 radical (unpaired) electrons. The monoisotopic (exact) mass is 398 g/mol. The van der Waals surface area contributed by atoms with Crippen LogP contribution in [0.1, 0.15) is 6.92 Å². The van der Waals surface area contributed by atoms with E-state index < -0.39 is 47.3 Å². The van der Waals surface area contributed by atoms with Gasteiger partial charge in [-0.2, -0.15) is 0 Å². The maximum atomic E-state index is 11.8. The molecule has 4 N–H and O–H groups in total. The van der Waals surface area contributed by atoms with Crippen molar-refractivity contribution in [2.75, 3.05) is 13.7 Å². The molecule has 1 aromatic rings. The van der Waals surface area contributed by atoms with Crippen LogP contribution in [0.15, 0.2) is 42.6 Å². The minimum atomic E-state index is -2.48. The van der Waals surface area contributed by atoms with Crippen LogP contribution in [0, 0.1) is 10.1 Å². The van der Waals surface area contributed by atoms with Crippen molar-refractivity contribution in [3.8, 4) is 5.75 Å². The number of benzene rings is 1. The summed E-state index contributed by atoms with van der Waals surface area (Å²) in [4.78, 5) is 21.6. The van der Waals surface area contributed by atoms with Crippen LogP contribution in [0.2, 0.25) is 0 Å². The van der Waals surface area contributed by atoms with Gasteiger partial charge in [0, 0.05) is 20.1 Å². The molecular formula is C17H22N2O9. The molecule has 11 nitrogen and oxygen atoms in total. The van der Waals surface area contributed by atoms with E-state index in [2.05, 4.69) is 5.32 Å². The molecule has 0 spiro atoms. The maximum Gasteiger partial charge on any atom is 0.251 e. The summed E-state index contributed by atoms with van der Waals surface area (Å²) in [5.74, 6) is -0.372. The third-order valence-electron chi connectivity index (χ3n) is 4.32. The van der Waals surface area contributed by atoms with E-state index >= 15 is 0 Å². The zero-order chi connectivity index (χ0) is 20.9. The predicted octanol–water partition coefficient (Wildman–Crippen LogP) is -0.856. The number of rotatable bonds is 7. The van der Waals surface area contributed by atoms with Gasteiger partial charge in [0.15, 0.2) is 0 Å². The lowest BCUT2D eigenvalue weighted by Crippen LogP contribution is -2.79. The van der Waals surface area contributed by atoms with Crippen molar-refractivity contribution in [3.63, 3.8) is 0 Å². The third-order valence-corrected chi connectivity index (χ3v) is 4.32.